The van der Waals surface area contributed by atoms with Gasteiger partial charge in [-0.05, 0) is 94.0 Å². The largest absolute Gasteiger partial charge is 0.456 e. The van der Waals surface area contributed by atoms with Gasteiger partial charge in [0.25, 0.3) is 0 Å². The average Bonchev–Trinajstić information content (AvgIpc) is 3.82. The number of pyridine rings is 1. The fourth-order valence-electron chi connectivity index (χ4n) is 8.23. The van der Waals surface area contributed by atoms with Gasteiger partial charge in [0.15, 0.2) is 0 Å². The van der Waals surface area contributed by atoms with Crippen LogP contribution in [0.25, 0.3) is 105 Å². The first kappa shape index (κ1) is 32.0. The van der Waals surface area contributed by atoms with Crippen LogP contribution in [0, 0.1) is 0 Å². The van der Waals surface area contributed by atoms with Crippen molar-refractivity contribution in [2.24, 2.45) is 0 Å². The summed E-state index contributed by atoms with van der Waals surface area (Å²) in [6.45, 7) is 0. The summed E-state index contributed by atoms with van der Waals surface area (Å²) in [7, 11) is 0. The fraction of sp³-hybridized carbons (Fsp3) is 0. The van der Waals surface area contributed by atoms with Gasteiger partial charge < -0.3 is 8.98 Å². The van der Waals surface area contributed by atoms with E-state index in [9.17, 15) is 0 Å². The second-order valence-corrected chi connectivity index (χ2v) is 14.4. The summed E-state index contributed by atoms with van der Waals surface area (Å²) < 4.78 is 8.63. The number of aromatic nitrogens is 2. The topological polar surface area (TPSA) is 31.0 Å². The number of nitrogens with zero attached hydrogens (tertiary/aromatic N) is 2. The Bertz CT molecular complexity index is 3170. The Kier molecular flexibility index (Phi) is 7.49. The van der Waals surface area contributed by atoms with E-state index in [-0.39, 0.29) is 0 Å². The third kappa shape index (κ3) is 5.49. The van der Waals surface area contributed by atoms with E-state index in [1.165, 1.54) is 32.9 Å². The molecule has 0 radical (unpaired) electrons. The van der Waals surface area contributed by atoms with Gasteiger partial charge in [0, 0.05) is 38.4 Å². The molecule has 0 N–H and O–H groups in total. The Morgan fingerprint density at radius 3 is 1.64 bits per heavy atom. The van der Waals surface area contributed by atoms with E-state index in [0.717, 1.165) is 72.4 Å². The quantitative estimate of drug-likeness (QED) is 0.172. The molecule has 0 atom stereocenters. The third-order valence-electron chi connectivity index (χ3n) is 11.0. The number of para-hydroxylation sites is 2. The molecule has 0 aliphatic carbocycles. The van der Waals surface area contributed by atoms with Crippen LogP contribution in [0.5, 0.6) is 0 Å². The highest BCUT2D eigenvalue weighted by Gasteiger charge is 2.15. The lowest BCUT2D eigenvalue weighted by atomic mass is 9.98. The van der Waals surface area contributed by atoms with Crippen LogP contribution in [-0.4, -0.2) is 9.55 Å². The van der Waals surface area contributed by atoms with Crippen molar-refractivity contribution in [3.63, 3.8) is 0 Å². The molecule has 0 amide bonds. The highest BCUT2D eigenvalue weighted by molar-refractivity contribution is 6.11. The zero-order valence-corrected chi connectivity index (χ0v) is 30.4. The maximum Gasteiger partial charge on any atom is 0.136 e. The number of hydrogen-bond acceptors (Lipinski definition) is 2. The molecular formula is C53H34N2O. The van der Waals surface area contributed by atoms with Crippen LogP contribution in [0.15, 0.2) is 211 Å². The Morgan fingerprint density at radius 1 is 0.304 bits per heavy atom. The summed E-state index contributed by atoms with van der Waals surface area (Å²) in [5.41, 5.74) is 16.3. The third-order valence-corrected chi connectivity index (χ3v) is 11.0. The minimum absolute atomic E-state index is 0.903. The van der Waals surface area contributed by atoms with Gasteiger partial charge in [-0.3, -0.25) is 0 Å². The van der Waals surface area contributed by atoms with Crippen LogP contribution < -0.4 is 0 Å². The van der Waals surface area contributed by atoms with E-state index in [4.69, 9.17) is 9.40 Å². The van der Waals surface area contributed by atoms with Crippen molar-refractivity contribution < 1.29 is 4.42 Å². The maximum absolute atomic E-state index is 6.24. The lowest BCUT2D eigenvalue weighted by Gasteiger charge is -2.12. The first-order valence-electron chi connectivity index (χ1n) is 19.0. The van der Waals surface area contributed by atoms with Crippen molar-refractivity contribution in [1.82, 2.24) is 9.55 Å². The van der Waals surface area contributed by atoms with Gasteiger partial charge in [-0.15, -0.1) is 0 Å². The molecule has 0 aliphatic heterocycles. The Morgan fingerprint density at radius 2 is 0.839 bits per heavy atom. The number of furan rings is 1. The van der Waals surface area contributed by atoms with E-state index in [1.54, 1.807) is 0 Å². The predicted molar refractivity (Wildman–Crippen MR) is 233 cm³/mol. The predicted octanol–water partition coefficient (Wildman–Crippen LogP) is 14.4. The average molecular weight is 715 g/mol. The van der Waals surface area contributed by atoms with Gasteiger partial charge in [-0.1, -0.05) is 146 Å². The summed E-state index contributed by atoms with van der Waals surface area (Å²) in [4.78, 5) is 5.15. The van der Waals surface area contributed by atoms with Crippen LogP contribution in [0.3, 0.4) is 0 Å². The van der Waals surface area contributed by atoms with E-state index in [0.29, 0.717) is 0 Å². The van der Waals surface area contributed by atoms with Gasteiger partial charge >= 0.3 is 0 Å². The van der Waals surface area contributed by atoms with Crippen molar-refractivity contribution in [2.75, 3.05) is 0 Å². The van der Waals surface area contributed by atoms with Gasteiger partial charge in [0.05, 0.1) is 22.4 Å². The molecule has 3 heterocycles. The summed E-state index contributed by atoms with van der Waals surface area (Å²) in [5.74, 6) is 0. The number of rotatable bonds is 6. The second-order valence-electron chi connectivity index (χ2n) is 14.4. The summed E-state index contributed by atoms with van der Waals surface area (Å²) in [6.07, 6.45) is 0. The van der Waals surface area contributed by atoms with Crippen LogP contribution >= 0.6 is 0 Å². The molecule has 0 aliphatic rings. The zero-order chi connectivity index (χ0) is 37.0. The van der Waals surface area contributed by atoms with Gasteiger partial charge in [0.2, 0.25) is 0 Å². The molecule has 3 aromatic heterocycles. The lowest BCUT2D eigenvalue weighted by molar-refractivity contribution is 0.669. The number of benzene rings is 8. The Labute approximate surface area is 324 Å². The zero-order valence-electron chi connectivity index (χ0n) is 30.4. The van der Waals surface area contributed by atoms with Crippen molar-refractivity contribution in [1.29, 1.82) is 0 Å². The molecule has 56 heavy (non-hydrogen) atoms. The molecule has 3 nitrogen and oxygen atoms in total. The number of fused-ring (bicyclic) bond motifs is 6. The number of hydrogen-bond donors (Lipinski definition) is 0. The van der Waals surface area contributed by atoms with Crippen molar-refractivity contribution in [2.45, 2.75) is 0 Å². The highest BCUT2D eigenvalue weighted by Crippen LogP contribution is 2.38. The minimum Gasteiger partial charge on any atom is -0.456 e. The fourth-order valence-corrected chi connectivity index (χ4v) is 8.23. The lowest BCUT2D eigenvalue weighted by Crippen LogP contribution is -1.94. The molecule has 0 saturated carbocycles. The molecular weight excluding hydrogens is 681 g/mol. The molecule has 0 fully saturated rings. The molecule has 11 rings (SSSR count). The van der Waals surface area contributed by atoms with Crippen molar-refractivity contribution in [3.8, 4) is 61.6 Å². The SMILES string of the molecule is c1ccc(-c2cc(-c3ccccc3)nc(-c3ccc(-c4ccc5c(c4)c4ccccc4n5-c4cccc(-c5ccc6c(c5)oc5ccccc56)c4)cc3)c2)cc1. The molecule has 11 aromatic rings. The van der Waals surface area contributed by atoms with E-state index < -0.39 is 0 Å². The van der Waals surface area contributed by atoms with E-state index in [2.05, 4.69) is 193 Å². The molecule has 0 bridgehead atoms. The van der Waals surface area contributed by atoms with Crippen molar-refractivity contribution >= 4 is 43.7 Å². The molecule has 262 valence electrons. The molecule has 0 unspecified atom stereocenters. The second kappa shape index (κ2) is 13.1. The maximum atomic E-state index is 6.24. The molecule has 3 heteroatoms. The van der Waals surface area contributed by atoms with Crippen LogP contribution in [-0.2, 0) is 0 Å². The Hall–Kier alpha value is -7.49. The first-order chi connectivity index (χ1) is 27.7. The normalized spacial score (nSPS) is 11.6. The van der Waals surface area contributed by atoms with Gasteiger partial charge in [-0.2, -0.15) is 0 Å². The summed E-state index contributed by atoms with van der Waals surface area (Å²) in [5, 5.41) is 4.73. The van der Waals surface area contributed by atoms with E-state index >= 15 is 0 Å². The van der Waals surface area contributed by atoms with Gasteiger partial charge in [-0.25, -0.2) is 4.98 Å². The van der Waals surface area contributed by atoms with Crippen LogP contribution in [0.1, 0.15) is 0 Å². The van der Waals surface area contributed by atoms with Crippen LogP contribution in [0.4, 0.5) is 0 Å². The van der Waals surface area contributed by atoms with Gasteiger partial charge in [0.1, 0.15) is 11.2 Å². The smallest absolute Gasteiger partial charge is 0.136 e. The monoisotopic (exact) mass is 714 g/mol. The highest BCUT2D eigenvalue weighted by atomic mass is 16.3. The minimum atomic E-state index is 0.903. The summed E-state index contributed by atoms with van der Waals surface area (Å²) in [6, 6.07) is 73.3. The standard InChI is InChI=1S/C53H34N2O/c1-3-12-35(13-4-1)42-32-48(37-14-5-2-6-15-37)54-49(33-42)38-24-22-36(23-25-38)40-27-29-51-47(31-40)44-18-7-9-20-50(44)55(51)43-17-11-16-39(30-43)41-26-28-46-45-19-8-10-21-52(45)56-53(46)34-41/h1-34H. The Balaban J connectivity index is 0.966. The van der Waals surface area contributed by atoms with E-state index in [1.807, 2.05) is 18.2 Å². The molecule has 8 aromatic carbocycles. The van der Waals surface area contributed by atoms with Crippen LogP contribution in [0.2, 0.25) is 0 Å². The molecule has 0 spiro atoms. The van der Waals surface area contributed by atoms with Crippen molar-refractivity contribution in [3.05, 3.63) is 206 Å². The first-order valence-corrected chi connectivity index (χ1v) is 19.0. The molecule has 0 saturated heterocycles. The summed E-state index contributed by atoms with van der Waals surface area (Å²) >= 11 is 0.